The molecule has 0 bridgehead atoms. The summed E-state index contributed by atoms with van der Waals surface area (Å²) in [5.41, 5.74) is -0.237. The summed E-state index contributed by atoms with van der Waals surface area (Å²) in [5.74, 6) is -1.53. The molecule has 1 aliphatic rings. The summed E-state index contributed by atoms with van der Waals surface area (Å²) < 4.78 is 26.8. The number of nitrogens with zero attached hydrogens (tertiary/aromatic N) is 1. The van der Waals surface area contributed by atoms with Crippen LogP contribution in [0.25, 0.3) is 0 Å². The van der Waals surface area contributed by atoms with Crippen LogP contribution < -0.4 is 5.32 Å². The standard InChI is InChI=1S/C17H24N2O5S/c1-3-12(2)18-16(20)13-8-10-19(11-9-13)25(23,24)15-7-5-4-6-14(15)17(21)22/h4-7,12-13H,3,8-11H2,1-2H3,(H,18,20)(H,21,22). The average Bonchev–Trinajstić information content (AvgIpc) is 2.61. The van der Waals surface area contributed by atoms with Crippen LogP contribution in [0, 0.1) is 5.92 Å². The largest absolute Gasteiger partial charge is 0.478 e. The molecule has 138 valence electrons. The molecule has 0 aromatic heterocycles. The maximum absolute atomic E-state index is 12.8. The van der Waals surface area contributed by atoms with Crippen LogP contribution in [0.5, 0.6) is 0 Å². The first-order valence-corrected chi connectivity index (χ1v) is 9.84. The van der Waals surface area contributed by atoms with Crippen molar-refractivity contribution in [3.63, 3.8) is 0 Å². The monoisotopic (exact) mass is 368 g/mol. The zero-order chi connectivity index (χ0) is 18.6. The van der Waals surface area contributed by atoms with Crippen LogP contribution in [-0.4, -0.2) is 48.8 Å². The van der Waals surface area contributed by atoms with Gasteiger partial charge in [0.15, 0.2) is 0 Å². The fourth-order valence-corrected chi connectivity index (χ4v) is 4.48. The first kappa shape index (κ1) is 19.4. The van der Waals surface area contributed by atoms with E-state index < -0.39 is 16.0 Å². The second-order valence-corrected chi connectivity index (χ2v) is 8.20. The lowest BCUT2D eigenvalue weighted by Crippen LogP contribution is -2.44. The number of carbonyl (C=O) groups is 2. The first-order chi connectivity index (χ1) is 11.8. The van der Waals surface area contributed by atoms with Crippen molar-refractivity contribution in [1.29, 1.82) is 0 Å². The number of rotatable bonds is 6. The van der Waals surface area contributed by atoms with Crippen molar-refractivity contribution in [2.75, 3.05) is 13.1 Å². The number of piperidine rings is 1. The number of amides is 1. The zero-order valence-electron chi connectivity index (χ0n) is 14.4. The Balaban J connectivity index is 2.10. The van der Waals surface area contributed by atoms with Crippen LogP contribution in [0.3, 0.4) is 0 Å². The minimum absolute atomic E-state index is 0.0441. The normalized spacial score (nSPS) is 17.8. The Hall–Kier alpha value is -1.93. The van der Waals surface area contributed by atoms with E-state index in [1.54, 1.807) is 0 Å². The van der Waals surface area contributed by atoms with Crippen LogP contribution in [-0.2, 0) is 14.8 Å². The van der Waals surface area contributed by atoms with Gasteiger partial charge < -0.3 is 10.4 Å². The summed E-state index contributed by atoms with van der Waals surface area (Å²) in [7, 11) is -3.89. The van der Waals surface area contributed by atoms with Crippen molar-refractivity contribution < 1.29 is 23.1 Å². The molecule has 1 amide bonds. The Kier molecular flexibility index (Phi) is 6.18. The van der Waals surface area contributed by atoms with Crippen molar-refractivity contribution in [3.8, 4) is 0 Å². The molecule has 1 aromatic carbocycles. The second kappa shape index (κ2) is 7.97. The number of hydrogen-bond donors (Lipinski definition) is 2. The molecule has 7 nitrogen and oxygen atoms in total. The second-order valence-electron chi connectivity index (χ2n) is 6.30. The van der Waals surface area contributed by atoms with E-state index in [1.807, 2.05) is 13.8 Å². The van der Waals surface area contributed by atoms with E-state index in [0.717, 1.165) is 6.42 Å². The third kappa shape index (κ3) is 4.38. The lowest BCUT2D eigenvalue weighted by atomic mass is 9.97. The maximum atomic E-state index is 12.8. The topological polar surface area (TPSA) is 104 Å². The fourth-order valence-electron chi connectivity index (χ4n) is 2.83. The third-order valence-corrected chi connectivity index (χ3v) is 6.52. The molecule has 1 aliphatic heterocycles. The zero-order valence-corrected chi connectivity index (χ0v) is 15.3. The molecule has 0 saturated carbocycles. The number of benzene rings is 1. The lowest BCUT2D eigenvalue weighted by Gasteiger charge is -2.31. The van der Waals surface area contributed by atoms with E-state index in [4.69, 9.17) is 0 Å². The summed E-state index contributed by atoms with van der Waals surface area (Å²) in [5, 5.41) is 12.1. The van der Waals surface area contributed by atoms with Gasteiger partial charge in [0.05, 0.1) is 10.5 Å². The number of carboxylic acid groups (broad SMARTS) is 1. The van der Waals surface area contributed by atoms with Gasteiger partial charge in [-0.25, -0.2) is 13.2 Å². The van der Waals surface area contributed by atoms with E-state index in [2.05, 4.69) is 5.32 Å². The molecule has 0 aliphatic carbocycles. The molecule has 1 saturated heterocycles. The molecule has 25 heavy (non-hydrogen) atoms. The fraction of sp³-hybridized carbons (Fsp3) is 0.529. The highest BCUT2D eigenvalue weighted by Crippen LogP contribution is 2.26. The van der Waals surface area contributed by atoms with Gasteiger partial charge >= 0.3 is 5.97 Å². The minimum atomic E-state index is -3.89. The molecule has 1 atom stereocenters. The Morgan fingerprint density at radius 1 is 1.28 bits per heavy atom. The van der Waals surface area contributed by atoms with E-state index in [1.165, 1.54) is 28.6 Å². The first-order valence-electron chi connectivity index (χ1n) is 8.40. The van der Waals surface area contributed by atoms with Gasteiger partial charge in [0.2, 0.25) is 15.9 Å². The van der Waals surface area contributed by atoms with Crippen molar-refractivity contribution >= 4 is 21.9 Å². The minimum Gasteiger partial charge on any atom is -0.478 e. The summed E-state index contributed by atoms with van der Waals surface area (Å²) in [6, 6.07) is 5.68. The van der Waals surface area contributed by atoms with Crippen LogP contribution in [0.1, 0.15) is 43.5 Å². The van der Waals surface area contributed by atoms with Crippen molar-refractivity contribution in [3.05, 3.63) is 29.8 Å². The van der Waals surface area contributed by atoms with Crippen LogP contribution in [0.4, 0.5) is 0 Å². The van der Waals surface area contributed by atoms with E-state index in [9.17, 15) is 23.1 Å². The van der Waals surface area contributed by atoms with Gasteiger partial charge in [0.25, 0.3) is 0 Å². The van der Waals surface area contributed by atoms with E-state index >= 15 is 0 Å². The smallest absolute Gasteiger partial charge is 0.337 e. The molecule has 1 aromatic rings. The molecule has 1 unspecified atom stereocenters. The van der Waals surface area contributed by atoms with Gasteiger partial charge in [0, 0.05) is 25.0 Å². The molecule has 2 rings (SSSR count). The highest BCUT2D eigenvalue weighted by molar-refractivity contribution is 7.89. The number of hydrogen-bond acceptors (Lipinski definition) is 4. The molecule has 1 fully saturated rings. The molecular weight excluding hydrogens is 344 g/mol. The average molecular weight is 368 g/mol. The van der Waals surface area contributed by atoms with Crippen molar-refractivity contribution in [2.24, 2.45) is 5.92 Å². The lowest BCUT2D eigenvalue weighted by molar-refractivity contribution is -0.126. The number of nitrogens with one attached hydrogen (secondary N) is 1. The van der Waals surface area contributed by atoms with Crippen LogP contribution in [0.2, 0.25) is 0 Å². The Labute approximate surface area is 148 Å². The highest BCUT2D eigenvalue weighted by Gasteiger charge is 2.34. The van der Waals surface area contributed by atoms with Gasteiger partial charge in [-0.2, -0.15) is 4.31 Å². The third-order valence-electron chi connectivity index (χ3n) is 4.56. The summed E-state index contributed by atoms with van der Waals surface area (Å²) in [4.78, 5) is 23.3. The quantitative estimate of drug-likeness (QED) is 0.795. The number of aromatic carboxylic acids is 1. The maximum Gasteiger partial charge on any atom is 0.337 e. The molecule has 0 spiro atoms. The molecule has 2 N–H and O–H groups in total. The van der Waals surface area contributed by atoms with Crippen LogP contribution >= 0.6 is 0 Å². The highest BCUT2D eigenvalue weighted by atomic mass is 32.2. The Morgan fingerprint density at radius 2 is 1.88 bits per heavy atom. The summed E-state index contributed by atoms with van der Waals surface area (Å²) in [6.45, 7) is 4.32. The van der Waals surface area contributed by atoms with E-state index in [0.29, 0.717) is 12.8 Å². The number of sulfonamides is 1. The number of carbonyl (C=O) groups excluding carboxylic acids is 1. The molecule has 1 heterocycles. The van der Waals surface area contributed by atoms with Gasteiger partial charge in [-0.3, -0.25) is 4.79 Å². The van der Waals surface area contributed by atoms with Gasteiger partial charge in [0.1, 0.15) is 0 Å². The Morgan fingerprint density at radius 3 is 2.44 bits per heavy atom. The van der Waals surface area contributed by atoms with Crippen LogP contribution in [0.15, 0.2) is 29.2 Å². The van der Waals surface area contributed by atoms with Crippen molar-refractivity contribution in [1.82, 2.24) is 9.62 Å². The SMILES string of the molecule is CCC(C)NC(=O)C1CCN(S(=O)(=O)c2ccccc2C(=O)O)CC1. The van der Waals surface area contributed by atoms with Gasteiger partial charge in [-0.1, -0.05) is 19.1 Å². The molecular formula is C17H24N2O5S. The van der Waals surface area contributed by atoms with Gasteiger partial charge in [-0.15, -0.1) is 0 Å². The van der Waals surface area contributed by atoms with Crippen molar-refractivity contribution in [2.45, 2.75) is 44.0 Å². The molecule has 8 heteroatoms. The van der Waals surface area contributed by atoms with E-state index in [-0.39, 0.29) is 41.4 Å². The Bertz CT molecular complexity index is 739. The molecule has 0 radical (unpaired) electrons. The van der Waals surface area contributed by atoms with Gasteiger partial charge in [-0.05, 0) is 38.3 Å². The summed E-state index contributed by atoms with van der Waals surface area (Å²) in [6.07, 6.45) is 1.69. The summed E-state index contributed by atoms with van der Waals surface area (Å²) >= 11 is 0. The predicted octanol–water partition coefficient (Wildman–Crippen LogP) is 1.70. The number of carboxylic acids is 1. The predicted molar refractivity (Wildman–Crippen MR) is 92.8 cm³/mol.